The highest BCUT2D eigenvalue weighted by Crippen LogP contribution is 2.38. The third-order valence-corrected chi connectivity index (χ3v) is 6.08. The van der Waals surface area contributed by atoms with Gasteiger partial charge in [0.1, 0.15) is 4.83 Å². The molecular weight excluding hydrogens is 316 g/mol. The lowest BCUT2D eigenvalue weighted by molar-refractivity contribution is -0.0543. The van der Waals surface area contributed by atoms with Crippen molar-refractivity contribution < 1.29 is 4.74 Å². The van der Waals surface area contributed by atoms with Crippen LogP contribution in [0.4, 0.5) is 0 Å². The first-order valence-corrected chi connectivity index (χ1v) is 9.41. The topological polar surface area (TPSA) is 44.1 Å². The number of thioether (sulfide) groups is 1. The fraction of sp³-hybridized carbons (Fsp3) is 0.500. The normalized spacial score (nSPS) is 21.0. The third-order valence-electron chi connectivity index (χ3n) is 4.30. The molecule has 22 heavy (non-hydrogen) atoms. The van der Waals surface area contributed by atoms with Gasteiger partial charge in [-0.3, -0.25) is 9.36 Å². The molecule has 0 fully saturated rings. The molecule has 0 amide bonds. The summed E-state index contributed by atoms with van der Waals surface area (Å²) in [5.41, 5.74) is 1.00. The highest BCUT2D eigenvalue weighted by molar-refractivity contribution is 7.98. The standard InChI is InChI=1S/C16H20N2O2S2/c1-5-7-18-14(19)12-10-8-16(3,6-2)20-9-11(10)22-13(12)17-15(18)21-4/h5H,1,6-9H2,2-4H3/t16-/m0/s1. The Morgan fingerprint density at radius 1 is 1.59 bits per heavy atom. The summed E-state index contributed by atoms with van der Waals surface area (Å²) < 4.78 is 7.71. The van der Waals surface area contributed by atoms with Crippen molar-refractivity contribution in [1.82, 2.24) is 9.55 Å². The van der Waals surface area contributed by atoms with Gasteiger partial charge in [-0.25, -0.2) is 4.98 Å². The SMILES string of the molecule is C=CCn1c(SC)nc2sc3c(c2c1=O)C[C@](C)(CC)OC3. The molecule has 3 heterocycles. The van der Waals surface area contributed by atoms with Crippen LogP contribution in [0.3, 0.4) is 0 Å². The van der Waals surface area contributed by atoms with Crippen molar-refractivity contribution in [3.8, 4) is 0 Å². The predicted octanol–water partition coefficient (Wildman–Crippen LogP) is 3.61. The van der Waals surface area contributed by atoms with E-state index < -0.39 is 0 Å². The van der Waals surface area contributed by atoms with Crippen LogP contribution >= 0.6 is 23.1 Å². The lowest BCUT2D eigenvalue weighted by Crippen LogP contribution is -2.34. The van der Waals surface area contributed by atoms with Crippen molar-refractivity contribution in [2.75, 3.05) is 6.26 Å². The summed E-state index contributed by atoms with van der Waals surface area (Å²) >= 11 is 3.09. The van der Waals surface area contributed by atoms with Crippen LogP contribution in [0.5, 0.6) is 0 Å². The van der Waals surface area contributed by atoms with Crippen molar-refractivity contribution in [1.29, 1.82) is 0 Å². The summed E-state index contributed by atoms with van der Waals surface area (Å²) in [6, 6.07) is 0. The zero-order valence-electron chi connectivity index (χ0n) is 13.1. The molecule has 6 heteroatoms. The van der Waals surface area contributed by atoms with E-state index in [0.29, 0.717) is 13.2 Å². The minimum Gasteiger partial charge on any atom is -0.369 e. The highest BCUT2D eigenvalue weighted by atomic mass is 32.2. The predicted molar refractivity (Wildman–Crippen MR) is 93.0 cm³/mol. The minimum absolute atomic E-state index is 0.0482. The monoisotopic (exact) mass is 336 g/mol. The maximum Gasteiger partial charge on any atom is 0.263 e. The molecule has 4 nitrogen and oxygen atoms in total. The van der Waals surface area contributed by atoms with Crippen LogP contribution in [0.15, 0.2) is 22.6 Å². The number of fused-ring (bicyclic) bond motifs is 3. The molecule has 2 aromatic heterocycles. The number of hydrogen-bond acceptors (Lipinski definition) is 5. The molecule has 118 valence electrons. The van der Waals surface area contributed by atoms with Crippen molar-refractivity contribution >= 4 is 33.3 Å². The van der Waals surface area contributed by atoms with E-state index in [4.69, 9.17) is 9.72 Å². The van der Waals surface area contributed by atoms with E-state index in [1.165, 1.54) is 11.8 Å². The summed E-state index contributed by atoms with van der Waals surface area (Å²) in [5, 5.41) is 1.53. The number of hydrogen-bond donors (Lipinski definition) is 0. The molecule has 1 atom stereocenters. The number of aromatic nitrogens is 2. The van der Waals surface area contributed by atoms with Crippen LogP contribution in [0.1, 0.15) is 30.7 Å². The fourth-order valence-corrected chi connectivity index (χ4v) is 4.52. The van der Waals surface area contributed by atoms with Crippen LogP contribution in [-0.4, -0.2) is 21.4 Å². The van der Waals surface area contributed by atoms with Gasteiger partial charge in [0.25, 0.3) is 5.56 Å². The quantitative estimate of drug-likeness (QED) is 0.486. The van der Waals surface area contributed by atoms with E-state index >= 15 is 0 Å². The highest BCUT2D eigenvalue weighted by Gasteiger charge is 2.33. The summed E-state index contributed by atoms with van der Waals surface area (Å²) in [4.78, 5) is 19.6. The Morgan fingerprint density at radius 3 is 3.00 bits per heavy atom. The minimum atomic E-state index is -0.186. The molecule has 0 bridgehead atoms. The lowest BCUT2D eigenvalue weighted by Gasteiger charge is -2.32. The maximum absolute atomic E-state index is 13.0. The van der Waals surface area contributed by atoms with E-state index in [9.17, 15) is 4.79 Å². The Hall–Kier alpha value is -1.11. The first-order valence-electron chi connectivity index (χ1n) is 7.37. The van der Waals surface area contributed by atoms with Gasteiger partial charge < -0.3 is 4.74 Å². The molecule has 0 unspecified atom stereocenters. The molecule has 0 aliphatic carbocycles. The third kappa shape index (κ3) is 2.43. The Kier molecular flexibility index (Phi) is 4.18. The van der Waals surface area contributed by atoms with Gasteiger partial charge in [-0.05, 0) is 25.2 Å². The average Bonchev–Trinajstić information content (AvgIpc) is 2.87. The smallest absolute Gasteiger partial charge is 0.263 e. The van der Waals surface area contributed by atoms with Crippen LogP contribution in [0.25, 0.3) is 10.2 Å². The maximum atomic E-state index is 13.0. The summed E-state index contributed by atoms with van der Waals surface area (Å²) in [7, 11) is 0. The van der Waals surface area contributed by atoms with Gasteiger partial charge in [-0.2, -0.15) is 0 Å². The molecule has 0 radical (unpaired) electrons. The summed E-state index contributed by atoms with van der Waals surface area (Å²) in [5.74, 6) is 0. The van der Waals surface area contributed by atoms with Crippen molar-refractivity contribution in [2.24, 2.45) is 0 Å². The van der Waals surface area contributed by atoms with Crippen molar-refractivity contribution in [3.05, 3.63) is 33.4 Å². The van der Waals surface area contributed by atoms with Gasteiger partial charge in [-0.15, -0.1) is 17.9 Å². The Balaban J connectivity index is 2.26. The second-order valence-corrected chi connectivity index (χ2v) is 7.61. The molecule has 0 saturated carbocycles. The zero-order chi connectivity index (χ0) is 15.9. The molecule has 0 aromatic carbocycles. The summed E-state index contributed by atoms with van der Waals surface area (Å²) in [6.07, 6.45) is 5.40. The van der Waals surface area contributed by atoms with Crippen LogP contribution in [0.2, 0.25) is 0 Å². The molecule has 3 rings (SSSR count). The Labute approximate surface area is 138 Å². The van der Waals surface area contributed by atoms with Gasteiger partial charge in [0.05, 0.1) is 17.6 Å². The fourth-order valence-electron chi connectivity index (χ4n) is 2.81. The Morgan fingerprint density at radius 2 is 2.36 bits per heavy atom. The number of nitrogens with zero attached hydrogens (tertiary/aromatic N) is 2. The number of allylic oxidation sites excluding steroid dienone is 1. The van der Waals surface area contributed by atoms with Crippen molar-refractivity contribution in [2.45, 2.75) is 50.6 Å². The molecule has 0 saturated heterocycles. The molecule has 0 spiro atoms. The van der Waals surface area contributed by atoms with Crippen molar-refractivity contribution in [3.63, 3.8) is 0 Å². The largest absolute Gasteiger partial charge is 0.369 e. The Bertz CT molecular complexity index is 794. The van der Waals surface area contributed by atoms with Gasteiger partial charge >= 0.3 is 0 Å². The average molecular weight is 336 g/mol. The van der Waals surface area contributed by atoms with E-state index in [1.54, 1.807) is 22.0 Å². The first kappa shape index (κ1) is 15.8. The lowest BCUT2D eigenvalue weighted by atomic mass is 9.90. The van der Waals surface area contributed by atoms with Crippen LogP contribution in [-0.2, 0) is 24.3 Å². The van der Waals surface area contributed by atoms with E-state index in [1.807, 2.05) is 6.26 Å². The van der Waals surface area contributed by atoms with Gasteiger partial charge in [0.2, 0.25) is 0 Å². The van der Waals surface area contributed by atoms with Gasteiger partial charge in [0.15, 0.2) is 5.16 Å². The molecule has 2 aromatic rings. The summed E-state index contributed by atoms with van der Waals surface area (Å²) in [6.45, 7) is 9.06. The number of ether oxygens (including phenoxy) is 1. The zero-order valence-corrected chi connectivity index (χ0v) is 14.8. The molecule has 1 aliphatic rings. The molecular formula is C16H20N2O2S2. The molecule has 0 N–H and O–H groups in total. The second kappa shape index (κ2) is 5.83. The van der Waals surface area contributed by atoms with Gasteiger partial charge in [-0.1, -0.05) is 24.8 Å². The van der Waals surface area contributed by atoms with E-state index in [-0.39, 0.29) is 11.2 Å². The van der Waals surface area contributed by atoms with E-state index in [0.717, 1.165) is 38.7 Å². The molecule has 1 aliphatic heterocycles. The second-order valence-electron chi connectivity index (χ2n) is 5.76. The van der Waals surface area contributed by atoms with Gasteiger partial charge in [0, 0.05) is 17.8 Å². The van der Waals surface area contributed by atoms with E-state index in [2.05, 4.69) is 20.4 Å². The number of thiophene rings is 1. The number of rotatable bonds is 4. The first-order chi connectivity index (χ1) is 10.5. The van der Waals surface area contributed by atoms with Crippen LogP contribution < -0.4 is 5.56 Å². The van der Waals surface area contributed by atoms with Crippen LogP contribution in [0, 0.1) is 0 Å².